The molecule has 5 rings (SSSR count). The van der Waals surface area contributed by atoms with E-state index in [1.54, 1.807) is 38.1 Å². The van der Waals surface area contributed by atoms with Crippen molar-refractivity contribution < 1.29 is 43.7 Å². The van der Waals surface area contributed by atoms with Gasteiger partial charge in [-0.2, -0.15) is 0 Å². The fraction of sp³-hybridized carbons (Fsp3) is 0.324. The molecule has 1 saturated heterocycles. The smallest absolute Gasteiger partial charge is 0.310 e. The van der Waals surface area contributed by atoms with Crippen LogP contribution in [0.25, 0.3) is 0 Å². The first-order valence-electron chi connectivity index (χ1n) is 15.1. The van der Waals surface area contributed by atoms with Gasteiger partial charge in [-0.1, -0.05) is 42.5 Å². The van der Waals surface area contributed by atoms with Gasteiger partial charge in [-0.15, -0.1) is 0 Å². The van der Waals surface area contributed by atoms with Crippen molar-refractivity contribution in [3.63, 3.8) is 0 Å². The number of aromatic hydroxyl groups is 1. The number of nitrogens with one attached hydrogen (secondary N) is 2. The number of amides is 4. The van der Waals surface area contributed by atoms with E-state index in [0.717, 1.165) is 5.56 Å². The van der Waals surface area contributed by atoms with Gasteiger partial charge in [0.25, 0.3) is 11.8 Å². The van der Waals surface area contributed by atoms with Gasteiger partial charge < -0.3 is 35.2 Å². The second-order valence-corrected chi connectivity index (χ2v) is 11.4. The monoisotopic (exact) mass is 644 g/mol. The Kier molecular flexibility index (Phi) is 10.2. The molecule has 246 valence electrons. The molecular formula is C34H36N4O9. The van der Waals surface area contributed by atoms with E-state index in [0.29, 0.717) is 16.8 Å². The highest BCUT2D eigenvalue weighted by Crippen LogP contribution is 2.33. The lowest BCUT2D eigenvalue weighted by Crippen LogP contribution is -2.55. The van der Waals surface area contributed by atoms with Gasteiger partial charge in [0.1, 0.15) is 24.4 Å². The summed E-state index contributed by atoms with van der Waals surface area (Å²) in [4.78, 5) is 68.9. The predicted octanol–water partition coefficient (Wildman–Crippen LogP) is 1.84. The van der Waals surface area contributed by atoms with Crippen LogP contribution in [-0.4, -0.2) is 77.9 Å². The highest BCUT2D eigenvalue weighted by molar-refractivity contribution is 6.11. The largest absolute Gasteiger partial charge is 0.507 e. The van der Waals surface area contributed by atoms with Crippen LogP contribution < -0.4 is 20.4 Å². The summed E-state index contributed by atoms with van der Waals surface area (Å²) >= 11 is 0. The van der Waals surface area contributed by atoms with Crippen molar-refractivity contribution in [3.05, 3.63) is 89.0 Å². The molecule has 2 heterocycles. The number of aliphatic hydroxyl groups excluding tert-OH is 1. The van der Waals surface area contributed by atoms with E-state index in [2.05, 4.69) is 10.6 Å². The van der Waals surface area contributed by atoms with Crippen molar-refractivity contribution in [2.24, 2.45) is 0 Å². The average molecular weight is 645 g/mol. The molecule has 3 aromatic rings. The topological polar surface area (TPSA) is 175 Å². The van der Waals surface area contributed by atoms with Gasteiger partial charge >= 0.3 is 5.97 Å². The summed E-state index contributed by atoms with van der Waals surface area (Å²) in [6.07, 6.45) is -1.42. The first-order chi connectivity index (χ1) is 22.5. The molecule has 3 atom stereocenters. The number of fused-ring (bicyclic) bond motifs is 1. The Labute approximate surface area is 271 Å². The third-order valence-corrected chi connectivity index (χ3v) is 7.95. The number of carbonyl (C=O) groups excluding carboxylic acids is 5. The zero-order chi connectivity index (χ0) is 33.7. The number of aliphatic hydroxyl groups is 1. The summed E-state index contributed by atoms with van der Waals surface area (Å²) in [6.45, 7) is 2.20. The Bertz CT molecular complexity index is 1660. The number of nitrogens with zero attached hydrogens (tertiary/aromatic N) is 2. The molecule has 1 fully saturated rings. The molecule has 0 bridgehead atoms. The van der Waals surface area contributed by atoms with Crippen molar-refractivity contribution in [3.8, 4) is 5.75 Å². The number of hydrogen-bond acceptors (Lipinski definition) is 9. The third kappa shape index (κ3) is 7.59. The summed E-state index contributed by atoms with van der Waals surface area (Å²) < 4.78 is 11.1. The standard InChI is InChI=1S/C34H36N4O9/c1-20-14-23(15-21(2)31(20)43)32(44)36-25-17-37(29(41)12-13-39)26-10-6-7-11-27(26)38(33(25)45)18-28(40)35-24-16-30(42)47-34(24)46-19-22-8-4-3-5-9-22/h3-11,14-15,24-25,34,39,43H,12-13,16-19H2,1-2H3,(H,35,40)(H,36,44)/t24-,25-,34?/m0/s1. The number of carbonyl (C=O) groups is 5. The van der Waals surface area contributed by atoms with Gasteiger partial charge in [-0.25, -0.2) is 0 Å². The van der Waals surface area contributed by atoms with Crippen LogP contribution in [0.3, 0.4) is 0 Å². The molecular weight excluding hydrogens is 608 g/mol. The number of ether oxygens (including phenoxy) is 2. The fourth-order valence-electron chi connectivity index (χ4n) is 5.61. The molecule has 1 unspecified atom stereocenters. The molecule has 0 spiro atoms. The van der Waals surface area contributed by atoms with E-state index in [4.69, 9.17) is 9.47 Å². The van der Waals surface area contributed by atoms with Gasteiger partial charge in [0, 0.05) is 5.56 Å². The number of esters is 1. The van der Waals surface area contributed by atoms with Crippen LogP contribution in [0.15, 0.2) is 66.7 Å². The van der Waals surface area contributed by atoms with Crippen LogP contribution in [0.5, 0.6) is 5.75 Å². The van der Waals surface area contributed by atoms with E-state index < -0.39 is 61.1 Å². The maximum Gasteiger partial charge on any atom is 0.310 e. The molecule has 47 heavy (non-hydrogen) atoms. The maximum absolute atomic E-state index is 14.1. The second kappa shape index (κ2) is 14.4. The first-order valence-corrected chi connectivity index (χ1v) is 15.1. The molecule has 0 saturated carbocycles. The fourth-order valence-corrected chi connectivity index (χ4v) is 5.61. The van der Waals surface area contributed by atoms with E-state index in [1.165, 1.54) is 21.9 Å². The minimum atomic E-state index is -1.29. The number of aryl methyl sites for hydroxylation is 2. The summed E-state index contributed by atoms with van der Waals surface area (Å²) in [7, 11) is 0. The van der Waals surface area contributed by atoms with E-state index >= 15 is 0 Å². The highest BCUT2D eigenvalue weighted by Gasteiger charge is 2.40. The number of phenolic OH excluding ortho intramolecular Hbond substituents is 1. The third-order valence-electron chi connectivity index (χ3n) is 7.95. The lowest BCUT2D eigenvalue weighted by Gasteiger charge is -2.26. The van der Waals surface area contributed by atoms with E-state index in [-0.39, 0.29) is 43.0 Å². The Balaban J connectivity index is 1.39. The molecule has 0 radical (unpaired) electrons. The molecule has 4 N–H and O–H groups in total. The maximum atomic E-state index is 14.1. The Morgan fingerprint density at radius 1 is 0.957 bits per heavy atom. The van der Waals surface area contributed by atoms with E-state index in [1.807, 2.05) is 30.3 Å². The van der Waals surface area contributed by atoms with Crippen LogP contribution in [0.4, 0.5) is 11.4 Å². The summed E-state index contributed by atoms with van der Waals surface area (Å²) in [6, 6.07) is 16.6. The number of rotatable bonds is 10. The van der Waals surface area contributed by atoms with E-state index in [9.17, 15) is 34.2 Å². The normalized spacial score (nSPS) is 19.1. The van der Waals surface area contributed by atoms with Crippen molar-refractivity contribution in [1.82, 2.24) is 10.6 Å². The second-order valence-electron chi connectivity index (χ2n) is 11.4. The Morgan fingerprint density at radius 3 is 2.30 bits per heavy atom. The number of anilines is 2. The molecule has 2 aliphatic rings. The van der Waals surface area contributed by atoms with Crippen molar-refractivity contribution in [2.75, 3.05) is 29.5 Å². The zero-order valence-electron chi connectivity index (χ0n) is 26.0. The molecule has 0 aliphatic carbocycles. The first kappa shape index (κ1) is 33.1. The quantitative estimate of drug-likeness (QED) is 0.240. The molecule has 4 amide bonds. The minimum absolute atomic E-state index is 0.0440. The minimum Gasteiger partial charge on any atom is -0.507 e. The molecule has 13 heteroatoms. The number of cyclic esters (lactones) is 1. The molecule has 3 aromatic carbocycles. The van der Waals surface area contributed by atoms with Crippen molar-refractivity contribution in [1.29, 1.82) is 0 Å². The Morgan fingerprint density at radius 2 is 1.62 bits per heavy atom. The number of para-hydroxylation sites is 2. The number of phenols is 1. The lowest BCUT2D eigenvalue weighted by atomic mass is 10.0. The predicted molar refractivity (Wildman–Crippen MR) is 169 cm³/mol. The van der Waals surface area contributed by atoms with Gasteiger partial charge in [0.05, 0.1) is 44.0 Å². The number of hydrogen-bond donors (Lipinski definition) is 4. The highest BCUT2D eigenvalue weighted by atomic mass is 16.7. The van der Waals surface area contributed by atoms with Gasteiger partial charge in [0.15, 0.2) is 0 Å². The van der Waals surface area contributed by atoms with Crippen LogP contribution in [-0.2, 0) is 35.3 Å². The summed E-state index contributed by atoms with van der Waals surface area (Å²) in [5, 5.41) is 25.1. The van der Waals surface area contributed by atoms with Crippen LogP contribution in [0, 0.1) is 13.8 Å². The zero-order valence-corrected chi connectivity index (χ0v) is 26.0. The van der Waals surface area contributed by atoms with Gasteiger partial charge in [-0.3, -0.25) is 28.9 Å². The van der Waals surface area contributed by atoms with Gasteiger partial charge in [0.2, 0.25) is 18.1 Å². The molecule has 13 nitrogen and oxygen atoms in total. The lowest BCUT2D eigenvalue weighted by molar-refractivity contribution is -0.168. The molecule has 2 aliphatic heterocycles. The summed E-state index contributed by atoms with van der Waals surface area (Å²) in [5.41, 5.74) is 2.52. The SMILES string of the molecule is Cc1cc(C(=O)N[C@H]2CN(C(=O)CCO)c3ccccc3N(CC(=O)N[C@H]3CC(=O)OC3OCc3ccccc3)C2=O)cc(C)c1O. The number of benzene rings is 3. The Hall–Kier alpha value is -5.27. The van der Waals surface area contributed by atoms with Crippen molar-refractivity contribution in [2.45, 2.75) is 51.7 Å². The molecule has 0 aromatic heterocycles. The van der Waals surface area contributed by atoms with Crippen LogP contribution >= 0.6 is 0 Å². The average Bonchev–Trinajstić information content (AvgIpc) is 3.36. The van der Waals surface area contributed by atoms with Crippen molar-refractivity contribution >= 4 is 41.0 Å². The van der Waals surface area contributed by atoms with Gasteiger partial charge in [-0.05, 0) is 54.8 Å². The summed E-state index contributed by atoms with van der Waals surface area (Å²) in [5.74, 6) is -2.92. The van der Waals surface area contributed by atoms with Crippen LogP contribution in [0.1, 0.15) is 39.9 Å². The van der Waals surface area contributed by atoms with Crippen LogP contribution in [0.2, 0.25) is 0 Å².